The molecule has 3 heterocycles. The minimum absolute atomic E-state index is 0.333. The highest BCUT2D eigenvalue weighted by atomic mass is 79.9. The Bertz CT molecular complexity index is 1150. The van der Waals surface area contributed by atoms with Crippen LogP contribution < -0.4 is 5.32 Å². The summed E-state index contributed by atoms with van der Waals surface area (Å²) in [6, 6.07) is 8.46. The molecule has 1 aliphatic rings. The number of carbonyl (C=O) groups excluding carboxylic acids is 2. The molecule has 4 rings (SSSR count). The minimum Gasteiger partial charge on any atom is -0.380 e. The van der Waals surface area contributed by atoms with Gasteiger partial charge in [-0.1, -0.05) is 12.1 Å². The average molecular weight is 531 g/mol. The Morgan fingerprint density at radius 1 is 1.21 bits per heavy atom. The highest BCUT2D eigenvalue weighted by Gasteiger charge is 2.40. The molecular formula is C23H27BrN6O4. The second kappa shape index (κ2) is 10.1. The number of likely N-dealkylation sites (tertiary alicyclic amines) is 1. The van der Waals surface area contributed by atoms with Gasteiger partial charge in [-0.05, 0) is 59.5 Å². The molecule has 1 aliphatic heterocycles. The van der Waals surface area contributed by atoms with Crippen molar-refractivity contribution < 1.29 is 19.8 Å². The Morgan fingerprint density at radius 3 is 2.56 bits per heavy atom. The third-order valence-corrected chi connectivity index (χ3v) is 6.61. The minimum atomic E-state index is -1.90. The number of halogens is 1. The normalized spacial score (nSPS) is 18.5. The molecule has 0 spiro atoms. The van der Waals surface area contributed by atoms with Crippen LogP contribution in [-0.4, -0.2) is 65.2 Å². The molecule has 34 heavy (non-hydrogen) atoms. The molecule has 0 unspecified atom stereocenters. The molecule has 0 saturated carbocycles. The molecule has 4 atom stereocenters. The molecule has 0 aliphatic carbocycles. The maximum Gasteiger partial charge on any atom is 0.255 e. The van der Waals surface area contributed by atoms with Gasteiger partial charge in [0.15, 0.2) is 12.2 Å². The zero-order valence-corrected chi connectivity index (χ0v) is 20.5. The Kier molecular flexibility index (Phi) is 7.15. The van der Waals surface area contributed by atoms with Crippen LogP contribution in [0.15, 0.2) is 53.4 Å². The van der Waals surface area contributed by atoms with E-state index >= 15 is 0 Å². The number of aromatic nitrogens is 4. The highest BCUT2D eigenvalue weighted by molar-refractivity contribution is 9.10. The standard InChI is InChI=1S/C23H27BrN6O4/c1-14(15-6-8-16(9-7-15)30-12-4-10-25-30)26-22(33)20(31)21(32)23(34)29-11-3-5-18(29)19-17(24)13-28(2)27-19/h4,6-10,12-14,18,20-21,31-32H,3,5,11H2,1-2H3,(H,26,33)/t14-,18-,20-,21-/m1/s1. The van der Waals surface area contributed by atoms with E-state index in [1.165, 1.54) is 4.90 Å². The number of aliphatic hydroxyl groups excluding tert-OH is 2. The zero-order valence-electron chi connectivity index (χ0n) is 18.9. The number of benzene rings is 1. The fourth-order valence-corrected chi connectivity index (χ4v) is 4.82. The summed E-state index contributed by atoms with van der Waals surface area (Å²) in [4.78, 5) is 27.1. The summed E-state index contributed by atoms with van der Waals surface area (Å²) in [5.41, 5.74) is 2.36. The Balaban J connectivity index is 1.38. The number of hydrogen-bond donors (Lipinski definition) is 3. The van der Waals surface area contributed by atoms with Gasteiger partial charge in [0.05, 0.1) is 27.9 Å². The lowest BCUT2D eigenvalue weighted by atomic mass is 10.1. The predicted octanol–water partition coefficient (Wildman–Crippen LogP) is 1.63. The van der Waals surface area contributed by atoms with Gasteiger partial charge in [-0.2, -0.15) is 10.2 Å². The van der Waals surface area contributed by atoms with Crippen LogP contribution in [0.3, 0.4) is 0 Å². The fourth-order valence-electron chi connectivity index (χ4n) is 4.19. The molecule has 180 valence electrons. The molecule has 0 radical (unpaired) electrons. The molecule has 1 saturated heterocycles. The molecule has 3 aromatic rings. The molecule has 2 aromatic heterocycles. The molecule has 1 fully saturated rings. The molecule has 2 amide bonds. The van der Waals surface area contributed by atoms with E-state index in [1.807, 2.05) is 36.5 Å². The van der Waals surface area contributed by atoms with Gasteiger partial charge in [0, 0.05) is 32.2 Å². The Labute approximate surface area is 205 Å². The SMILES string of the molecule is C[C@@H](NC(=O)[C@H](O)[C@@H](O)C(=O)N1CCC[C@@H]1c1nn(C)cc1Br)c1ccc(-n2cccn2)cc1. The summed E-state index contributed by atoms with van der Waals surface area (Å²) < 4.78 is 4.12. The van der Waals surface area contributed by atoms with E-state index < -0.39 is 30.1 Å². The van der Waals surface area contributed by atoms with Crippen LogP contribution >= 0.6 is 15.9 Å². The Morgan fingerprint density at radius 2 is 1.94 bits per heavy atom. The second-order valence-electron chi connectivity index (χ2n) is 8.39. The van der Waals surface area contributed by atoms with E-state index in [0.717, 1.165) is 22.1 Å². The fraction of sp³-hybridized carbons (Fsp3) is 0.391. The smallest absolute Gasteiger partial charge is 0.255 e. The van der Waals surface area contributed by atoms with Crippen LogP contribution in [-0.2, 0) is 16.6 Å². The van der Waals surface area contributed by atoms with E-state index in [9.17, 15) is 19.8 Å². The van der Waals surface area contributed by atoms with Crippen LogP contribution in [0.4, 0.5) is 0 Å². The van der Waals surface area contributed by atoms with E-state index in [4.69, 9.17) is 0 Å². The average Bonchev–Trinajstić information content (AvgIpc) is 3.58. The van der Waals surface area contributed by atoms with Crippen LogP contribution in [0.1, 0.15) is 43.1 Å². The van der Waals surface area contributed by atoms with Crippen molar-refractivity contribution >= 4 is 27.7 Å². The van der Waals surface area contributed by atoms with Crippen LogP contribution in [0.25, 0.3) is 5.69 Å². The summed E-state index contributed by atoms with van der Waals surface area (Å²) >= 11 is 3.46. The van der Waals surface area contributed by atoms with Gasteiger partial charge in [0.2, 0.25) is 0 Å². The number of nitrogens with one attached hydrogen (secondary N) is 1. The third kappa shape index (κ3) is 4.91. The lowest BCUT2D eigenvalue weighted by molar-refractivity contribution is -0.154. The molecule has 0 bridgehead atoms. The Hall–Kier alpha value is -3.02. The molecule has 1 aromatic carbocycles. The highest BCUT2D eigenvalue weighted by Crippen LogP contribution is 2.35. The summed E-state index contributed by atoms with van der Waals surface area (Å²) in [7, 11) is 1.78. The topological polar surface area (TPSA) is 126 Å². The van der Waals surface area contributed by atoms with E-state index in [1.54, 1.807) is 35.7 Å². The van der Waals surface area contributed by atoms with Crippen LogP contribution in [0.5, 0.6) is 0 Å². The van der Waals surface area contributed by atoms with Crippen molar-refractivity contribution in [2.75, 3.05) is 6.54 Å². The van der Waals surface area contributed by atoms with Gasteiger partial charge in [-0.25, -0.2) is 4.68 Å². The summed E-state index contributed by atoms with van der Waals surface area (Å²) in [5, 5.41) is 32.2. The number of carbonyl (C=O) groups is 2. The van der Waals surface area contributed by atoms with Crippen molar-refractivity contribution in [1.82, 2.24) is 29.8 Å². The van der Waals surface area contributed by atoms with E-state index in [-0.39, 0.29) is 6.04 Å². The van der Waals surface area contributed by atoms with Crippen molar-refractivity contribution in [3.8, 4) is 5.69 Å². The predicted molar refractivity (Wildman–Crippen MR) is 127 cm³/mol. The van der Waals surface area contributed by atoms with E-state index in [0.29, 0.717) is 18.7 Å². The van der Waals surface area contributed by atoms with Crippen molar-refractivity contribution in [2.45, 2.75) is 44.1 Å². The summed E-state index contributed by atoms with van der Waals surface area (Å²) in [5.74, 6) is -1.52. The first kappa shape index (κ1) is 24.1. The third-order valence-electron chi connectivity index (χ3n) is 6.00. The number of hydrogen-bond acceptors (Lipinski definition) is 6. The maximum atomic E-state index is 13.0. The first-order valence-electron chi connectivity index (χ1n) is 11.0. The number of nitrogens with zero attached hydrogens (tertiary/aromatic N) is 5. The zero-order chi connectivity index (χ0) is 24.4. The van der Waals surface area contributed by atoms with E-state index in [2.05, 4.69) is 31.4 Å². The van der Waals surface area contributed by atoms with Crippen molar-refractivity contribution in [3.63, 3.8) is 0 Å². The quantitative estimate of drug-likeness (QED) is 0.426. The van der Waals surface area contributed by atoms with Gasteiger partial charge in [-0.3, -0.25) is 14.3 Å². The van der Waals surface area contributed by atoms with Gasteiger partial charge < -0.3 is 20.4 Å². The maximum absolute atomic E-state index is 13.0. The van der Waals surface area contributed by atoms with Crippen molar-refractivity contribution in [2.24, 2.45) is 7.05 Å². The van der Waals surface area contributed by atoms with Gasteiger partial charge in [0.25, 0.3) is 11.8 Å². The first-order chi connectivity index (χ1) is 16.3. The number of amides is 2. The summed E-state index contributed by atoms with van der Waals surface area (Å²) in [6.45, 7) is 2.17. The summed E-state index contributed by atoms with van der Waals surface area (Å²) in [6.07, 6.45) is 2.95. The van der Waals surface area contributed by atoms with Gasteiger partial charge in [-0.15, -0.1) is 0 Å². The molecule has 3 N–H and O–H groups in total. The van der Waals surface area contributed by atoms with Crippen molar-refractivity contribution in [1.29, 1.82) is 0 Å². The van der Waals surface area contributed by atoms with Gasteiger partial charge >= 0.3 is 0 Å². The van der Waals surface area contributed by atoms with Crippen LogP contribution in [0, 0.1) is 0 Å². The first-order valence-corrected chi connectivity index (χ1v) is 11.8. The monoisotopic (exact) mass is 530 g/mol. The lowest BCUT2D eigenvalue weighted by Crippen LogP contribution is -2.51. The molecule has 11 heteroatoms. The number of rotatable bonds is 7. The second-order valence-corrected chi connectivity index (χ2v) is 9.24. The molecule has 10 nitrogen and oxygen atoms in total. The largest absolute Gasteiger partial charge is 0.380 e. The van der Waals surface area contributed by atoms with Crippen LogP contribution in [0.2, 0.25) is 0 Å². The van der Waals surface area contributed by atoms with Crippen molar-refractivity contribution in [3.05, 3.63) is 64.7 Å². The molecular weight excluding hydrogens is 504 g/mol. The lowest BCUT2D eigenvalue weighted by Gasteiger charge is -2.28. The number of aryl methyl sites for hydroxylation is 1. The number of aliphatic hydroxyl groups is 2. The van der Waals surface area contributed by atoms with Gasteiger partial charge in [0.1, 0.15) is 0 Å².